The zero-order chi connectivity index (χ0) is 10.9. The van der Waals surface area contributed by atoms with Crippen molar-refractivity contribution in [2.24, 2.45) is 0 Å². The second kappa shape index (κ2) is 4.84. The van der Waals surface area contributed by atoms with E-state index in [1.54, 1.807) is 0 Å². The molecular formula is C8H5ClI2O3. The lowest BCUT2D eigenvalue weighted by Crippen LogP contribution is -2.03. The number of halogens is 3. The lowest BCUT2D eigenvalue weighted by Gasteiger charge is -2.07. The van der Waals surface area contributed by atoms with Crippen LogP contribution in [-0.2, 0) is 4.74 Å². The lowest BCUT2D eigenvalue weighted by atomic mass is 10.2. The number of rotatable bonds is 1. The fourth-order valence-electron chi connectivity index (χ4n) is 0.844. The Hall–Kier alpha value is 0.240. The van der Waals surface area contributed by atoms with Crippen molar-refractivity contribution >= 4 is 62.8 Å². The van der Waals surface area contributed by atoms with Crippen LogP contribution >= 0.6 is 56.8 Å². The molecule has 0 saturated carbocycles. The molecule has 0 saturated heterocycles. The van der Waals surface area contributed by atoms with E-state index in [0.717, 1.165) is 0 Å². The number of phenolic OH excluding ortho intramolecular Hbond substituents is 1. The predicted molar refractivity (Wildman–Crippen MR) is 69.9 cm³/mol. The fourth-order valence-corrected chi connectivity index (χ4v) is 2.74. The monoisotopic (exact) mass is 438 g/mol. The summed E-state index contributed by atoms with van der Waals surface area (Å²) < 4.78 is 5.58. The van der Waals surface area contributed by atoms with Crippen LogP contribution in [0.4, 0.5) is 0 Å². The van der Waals surface area contributed by atoms with Gasteiger partial charge in [0.15, 0.2) is 0 Å². The van der Waals surface area contributed by atoms with Gasteiger partial charge in [0.25, 0.3) is 0 Å². The summed E-state index contributed by atoms with van der Waals surface area (Å²) in [4.78, 5) is 11.3. The number of benzene rings is 1. The molecule has 6 heteroatoms. The van der Waals surface area contributed by atoms with Crippen LogP contribution in [0.1, 0.15) is 10.4 Å². The Morgan fingerprint density at radius 2 is 2.14 bits per heavy atom. The van der Waals surface area contributed by atoms with Crippen LogP contribution in [0.3, 0.4) is 0 Å². The molecule has 0 atom stereocenters. The molecule has 0 amide bonds. The first kappa shape index (κ1) is 12.3. The van der Waals surface area contributed by atoms with Gasteiger partial charge in [0, 0.05) is 0 Å². The summed E-state index contributed by atoms with van der Waals surface area (Å²) in [6.45, 7) is 0. The summed E-state index contributed by atoms with van der Waals surface area (Å²) in [5.74, 6) is -0.422. The second-order valence-corrected chi connectivity index (χ2v) is 4.99. The first-order chi connectivity index (χ1) is 6.49. The molecule has 0 radical (unpaired) electrons. The molecule has 0 aliphatic rings. The van der Waals surface area contributed by atoms with Crippen molar-refractivity contribution in [1.82, 2.24) is 0 Å². The molecule has 0 heterocycles. The van der Waals surface area contributed by atoms with Gasteiger partial charge in [-0.1, -0.05) is 11.6 Å². The molecule has 0 bridgehead atoms. The largest absolute Gasteiger partial charge is 0.506 e. The summed E-state index contributed by atoms with van der Waals surface area (Å²) in [6.07, 6.45) is 0. The Balaban J connectivity index is 3.40. The van der Waals surface area contributed by atoms with Gasteiger partial charge in [-0.2, -0.15) is 0 Å². The number of hydrogen-bond acceptors (Lipinski definition) is 3. The average Bonchev–Trinajstić information content (AvgIpc) is 2.19. The third-order valence-corrected chi connectivity index (χ3v) is 4.12. The molecule has 1 N–H and O–H groups in total. The minimum atomic E-state index is -0.508. The van der Waals surface area contributed by atoms with Crippen molar-refractivity contribution in [3.05, 3.63) is 23.8 Å². The third-order valence-electron chi connectivity index (χ3n) is 1.54. The number of methoxy groups -OCH3 is 1. The van der Waals surface area contributed by atoms with Crippen molar-refractivity contribution < 1.29 is 14.6 Å². The third kappa shape index (κ3) is 2.25. The van der Waals surface area contributed by atoms with Gasteiger partial charge >= 0.3 is 5.97 Å². The van der Waals surface area contributed by atoms with Crippen molar-refractivity contribution in [1.29, 1.82) is 0 Å². The van der Waals surface area contributed by atoms with Crippen LogP contribution in [0.15, 0.2) is 6.07 Å². The number of aromatic hydroxyl groups is 1. The zero-order valence-corrected chi connectivity index (χ0v) is 12.0. The van der Waals surface area contributed by atoms with E-state index in [9.17, 15) is 9.90 Å². The highest BCUT2D eigenvalue weighted by Gasteiger charge is 2.18. The van der Waals surface area contributed by atoms with Crippen LogP contribution in [0, 0.1) is 7.14 Å². The smallest absolute Gasteiger partial charge is 0.339 e. The molecule has 1 rings (SSSR count). The van der Waals surface area contributed by atoms with E-state index in [-0.39, 0.29) is 16.3 Å². The Morgan fingerprint density at radius 1 is 1.57 bits per heavy atom. The van der Waals surface area contributed by atoms with Gasteiger partial charge in [0.05, 0.1) is 24.8 Å². The van der Waals surface area contributed by atoms with Crippen LogP contribution in [0.5, 0.6) is 5.75 Å². The van der Waals surface area contributed by atoms with Crippen molar-refractivity contribution in [2.45, 2.75) is 0 Å². The molecule has 0 aliphatic carbocycles. The summed E-state index contributed by atoms with van der Waals surface area (Å²) in [5.41, 5.74) is 0.265. The van der Waals surface area contributed by atoms with E-state index in [4.69, 9.17) is 11.6 Å². The highest BCUT2D eigenvalue weighted by molar-refractivity contribution is 14.1. The zero-order valence-electron chi connectivity index (χ0n) is 6.97. The van der Waals surface area contributed by atoms with Crippen molar-refractivity contribution in [2.75, 3.05) is 7.11 Å². The predicted octanol–water partition coefficient (Wildman–Crippen LogP) is 3.04. The second-order valence-electron chi connectivity index (χ2n) is 2.37. The van der Waals surface area contributed by atoms with Gasteiger partial charge in [0.2, 0.25) is 0 Å². The van der Waals surface area contributed by atoms with Crippen LogP contribution in [0.2, 0.25) is 5.02 Å². The number of carbonyl (C=O) groups is 1. The van der Waals surface area contributed by atoms with Crippen molar-refractivity contribution in [3.63, 3.8) is 0 Å². The minimum Gasteiger partial charge on any atom is -0.506 e. The van der Waals surface area contributed by atoms with Gasteiger partial charge in [-0.25, -0.2) is 4.79 Å². The summed E-state index contributed by atoms with van der Waals surface area (Å²) >= 11 is 9.67. The summed E-state index contributed by atoms with van der Waals surface area (Å²) in [7, 11) is 1.28. The summed E-state index contributed by atoms with van der Waals surface area (Å²) in [5, 5.41) is 9.73. The highest BCUT2D eigenvalue weighted by Crippen LogP contribution is 2.34. The molecule has 14 heavy (non-hydrogen) atoms. The molecule has 0 fully saturated rings. The Kier molecular flexibility index (Phi) is 4.26. The first-order valence-electron chi connectivity index (χ1n) is 3.43. The standard InChI is InChI=1S/C8H5ClI2O3/c1-14-8(13)3-2-4(10)7(12)6(11)5(3)9/h2,12H,1H3. The maximum absolute atomic E-state index is 11.3. The topological polar surface area (TPSA) is 46.5 Å². The normalized spacial score (nSPS) is 10.0. The van der Waals surface area contributed by atoms with E-state index in [1.807, 2.05) is 45.2 Å². The molecule has 0 aromatic heterocycles. The summed E-state index contributed by atoms with van der Waals surface area (Å²) in [6, 6.07) is 1.49. The quantitative estimate of drug-likeness (QED) is 0.417. The Labute approximate surface area is 113 Å². The van der Waals surface area contributed by atoms with Gasteiger partial charge in [-0.3, -0.25) is 0 Å². The number of phenols is 1. The molecule has 1 aromatic rings. The average molecular weight is 438 g/mol. The van der Waals surface area contributed by atoms with E-state index in [1.165, 1.54) is 13.2 Å². The lowest BCUT2D eigenvalue weighted by molar-refractivity contribution is 0.0601. The molecule has 0 unspecified atom stereocenters. The number of ether oxygens (including phenoxy) is 1. The molecule has 3 nitrogen and oxygen atoms in total. The molecule has 0 spiro atoms. The van der Waals surface area contributed by atoms with E-state index >= 15 is 0 Å². The maximum atomic E-state index is 11.3. The van der Waals surface area contributed by atoms with Gasteiger partial charge in [0.1, 0.15) is 5.75 Å². The molecule has 76 valence electrons. The first-order valence-corrected chi connectivity index (χ1v) is 5.97. The van der Waals surface area contributed by atoms with Crippen LogP contribution in [-0.4, -0.2) is 18.2 Å². The molecular weight excluding hydrogens is 433 g/mol. The van der Waals surface area contributed by atoms with Crippen LogP contribution < -0.4 is 0 Å². The van der Waals surface area contributed by atoms with Gasteiger partial charge in [-0.15, -0.1) is 0 Å². The fraction of sp³-hybridized carbons (Fsp3) is 0.125. The molecule has 1 aromatic carbocycles. The minimum absolute atomic E-state index is 0.0869. The number of carbonyl (C=O) groups excluding carboxylic acids is 1. The SMILES string of the molecule is COC(=O)c1cc(I)c(O)c(I)c1Cl. The molecule has 0 aliphatic heterocycles. The van der Waals surface area contributed by atoms with Gasteiger partial charge in [-0.05, 0) is 51.2 Å². The van der Waals surface area contributed by atoms with E-state index in [0.29, 0.717) is 7.14 Å². The number of hydrogen-bond donors (Lipinski definition) is 1. The highest BCUT2D eigenvalue weighted by atomic mass is 127. The number of esters is 1. The van der Waals surface area contributed by atoms with E-state index < -0.39 is 5.97 Å². The van der Waals surface area contributed by atoms with Crippen LogP contribution in [0.25, 0.3) is 0 Å². The Bertz CT molecular complexity index is 393. The van der Waals surface area contributed by atoms with Crippen molar-refractivity contribution in [3.8, 4) is 5.75 Å². The Morgan fingerprint density at radius 3 is 2.64 bits per heavy atom. The maximum Gasteiger partial charge on any atom is 0.339 e. The van der Waals surface area contributed by atoms with E-state index in [2.05, 4.69) is 4.74 Å². The van der Waals surface area contributed by atoms with Gasteiger partial charge < -0.3 is 9.84 Å².